The second-order valence-corrected chi connectivity index (χ2v) is 3.29. The van der Waals surface area contributed by atoms with Crippen LogP contribution >= 0.6 is 23.2 Å². The lowest BCUT2D eigenvalue weighted by Gasteiger charge is -2.05. The molecule has 1 rings (SSSR count). The van der Waals surface area contributed by atoms with E-state index in [4.69, 9.17) is 27.9 Å². The third-order valence-corrected chi connectivity index (χ3v) is 1.85. The van der Waals surface area contributed by atoms with Gasteiger partial charge < -0.3 is 4.74 Å². The van der Waals surface area contributed by atoms with Crippen molar-refractivity contribution in [2.24, 2.45) is 0 Å². The molecule has 3 nitrogen and oxygen atoms in total. The number of hydrogen-bond donors (Lipinski definition) is 0. The van der Waals surface area contributed by atoms with Crippen LogP contribution in [0.3, 0.4) is 0 Å². The molecule has 0 aliphatic heterocycles. The van der Waals surface area contributed by atoms with Crippen molar-refractivity contribution in [1.82, 2.24) is 0 Å². The second-order valence-electron chi connectivity index (χ2n) is 2.51. The van der Waals surface area contributed by atoms with Crippen LogP contribution in [-0.2, 0) is 4.79 Å². The normalized spacial score (nSPS) is 9.64. The van der Waals surface area contributed by atoms with E-state index < -0.39 is 11.2 Å². The monoisotopic (exact) mass is 232 g/mol. The average Bonchev–Trinajstić information content (AvgIpc) is 2.01. The predicted octanol–water partition coefficient (Wildman–Crippen LogP) is 2.64. The fourth-order valence-electron chi connectivity index (χ4n) is 0.898. The zero-order valence-corrected chi connectivity index (χ0v) is 8.72. The van der Waals surface area contributed by atoms with E-state index in [1.165, 1.54) is 25.1 Å². The molecule has 1 aromatic rings. The molecule has 0 aromatic heterocycles. The number of ether oxygens (including phenoxy) is 1. The summed E-state index contributed by atoms with van der Waals surface area (Å²) in [5, 5.41) is -0.333. The van der Waals surface area contributed by atoms with E-state index >= 15 is 0 Å². The highest BCUT2D eigenvalue weighted by Gasteiger charge is 2.12. The maximum atomic E-state index is 10.9. The maximum absolute atomic E-state index is 10.9. The van der Waals surface area contributed by atoms with Gasteiger partial charge in [0.15, 0.2) is 0 Å². The van der Waals surface area contributed by atoms with Gasteiger partial charge in [0, 0.05) is 18.0 Å². The van der Waals surface area contributed by atoms with Gasteiger partial charge in [-0.05, 0) is 23.7 Å². The minimum atomic E-state index is -0.696. The van der Waals surface area contributed by atoms with Crippen LogP contribution in [0, 0.1) is 0 Å². The highest BCUT2D eigenvalue weighted by molar-refractivity contribution is 6.68. The molecule has 0 N–H and O–H groups in total. The van der Waals surface area contributed by atoms with Gasteiger partial charge in [-0.2, -0.15) is 0 Å². The molecule has 74 valence electrons. The first-order chi connectivity index (χ1) is 6.50. The van der Waals surface area contributed by atoms with Crippen molar-refractivity contribution >= 4 is 34.4 Å². The number of esters is 1. The molecular formula is C9H6Cl2O3. The Labute approximate surface area is 90.6 Å². The molecule has 0 heterocycles. The summed E-state index contributed by atoms with van der Waals surface area (Å²) in [4.78, 5) is 21.6. The van der Waals surface area contributed by atoms with E-state index in [2.05, 4.69) is 0 Å². The van der Waals surface area contributed by atoms with E-state index in [-0.39, 0.29) is 11.3 Å². The van der Waals surface area contributed by atoms with Crippen molar-refractivity contribution < 1.29 is 14.3 Å². The van der Waals surface area contributed by atoms with Gasteiger partial charge in [-0.15, -0.1) is 0 Å². The molecule has 14 heavy (non-hydrogen) atoms. The number of benzene rings is 1. The summed E-state index contributed by atoms with van der Waals surface area (Å²) in [5.74, 6) is -0.462. The first-order valence-corrected chi connectivity index (χ1v) is 4.44. The molecule has 0 atom stereocenters. The Morgan fingerprint density at radius 2 is 2.00 bits per heavy atom. The SMILES string of the molecule is CC(=O)Oc1cc(Cl)ccc1C(=O)Cl. The third-order valence-electron chi connectivity index (χ3n) is 1.41. The molecule has 0 aliphatic carbocycles. The highest BCUT2D eigenvalue weighted by Crippen LogP contribution is 2.24. The van der Waals surface area contributed by atoms with Gasteiger partial charge in [-0.3, -0.25) is 9.59 Å². The molecule has 0 unspecified atom stereocenters. The molecule has 0 saturated heterocycles. The van der Waals surface area contributed by atoms with Crippen molar-refractivity contribution in [3.8, 4) is 5.75 Å². The van der Waals surface area contributed by atoms with Crippen LogP contribution in [0.1, 0.15) is 17.3 Å². The Kier molecular flexibility index (Phi) is 3.49. The van der Waals surface area contributed by atoms with Crippen molar-refractivity contribution in [2.75, 3.05) is 0 Å². The van der Waals surface area contributed by atoms with Crippen LogP contribution in [0.4, 0.5) is 0 Å². The van der Waals surface area contributed by atoms with Gasteiger partial charge in [-0.25, -0.2) is 0 Å². The number of carbonyl (C=O) groups is 2. The summed E-state index contributed by atoms with van der Waals surface area (Å²) in [7, 11) is 0. The van der Waals surface area contributed by atoms with Gasteiger partial charge in [0.2, 0.25) is 0 Å². The van der Waals surface area contributed by atoms with Crippen LogP contribution in [-0.4, -0.2) is 11.2 Å². The molecule has 0 saturated carbocycles. The molecule has 0 fully saturated rings. The first-order valence-electron chi connectivity index (χ1n) is 3.68. The summed E-state index contributed by atoms with van der Waals surface area (Å²) < 4.78 is 4.76. The van der Waals surface area contributed by atoms with Gasteiger partial charge in [0.25, 0.3) is 5.24 Å². The lowest BCUT2D eigenvalue weighted by Crippen LogP contribution is -2.05. The smallest absolute Gasteiger partial charge is 0.308 e. The lowest BCUT2D eigenvalue weighted by atomic mass is 10.2. The molecule has 0 spiro atoms. The van der Waals surface area contributed by atoms with Gasteiger partial charge in [0.1, 0.15) is 5.75 Å². The quantitative estimate of drug-likeness (QED) is 0.448. The van der Waals surface area contributed by atoms with E-state index in [1.54, 1.807) is 0 Å². The number of hydrogen-bond acceptors (Lipinski definition) is 3. The Bertz CT molecular complexity index is 388. The van der Waals surface area contributed by atoms with E-state index in [0.29, 0.717) is 5.02 Å². The molecule has 1 aromatic carbocycles. The average molecular weight is 233 g/mol. The number of halogens is 2. The van der Waals surface area contributed by atoms with Crippen LogP contribution in [0.25, 0.3) is 0 Å². The predicted molar refractivity (Wildman–Crippen MR) is 52.9 cm³/mol. The van der Waals surface area contributed by atoms with Crippen molar-refractivity contribution in [3.63, 3.8) is 0 Å². The zero-order valence-electron chi connectivity index (χ0n) is 7.21. The van der Waals surface area contributed by atoms with E-state index in [0.717, 1.165) is 0 Å². The molecule has 5 heteroatoms. The van der Waals surface area contributed by atoms with E-state index in [1.807, 2.05) is 0 Å². The fourth-order valence-corrected chi connectivity index (χ4v) is 1.22. The van der Waals surface area contributed by atoms with Gasteiger partial charge in [-0.1, -0.05) is 11.6 Å². The van der Waals surface area contributed by atoms with Crippen LogP contribution < -0.4 is 4.74 Å². The second kappa shape index (κ2) is 4.44. The lowest BCUT2D eigenvalue weighted by molar-refractivity contribution is -0.131. The van der Waals surface area contributed by atoms with Crippen molar-refractivity contribution in [1.29, 1.82) is 0 Å². The maximum Gasteiger partial charge on any atom is 0.308 e. The number of carbonyl (C=O) groups excluding carboxylic acids is 2. The van der Waals surface area contributed by atoms with Crippen LogP contribution in [0.15, 0.2) is 18.2 Å². The van der Waals surface area contributed by atoms with Gasteiger partial charge >= 0.3 is 5.97 Å². The summed E-state index contributed by atoms with van der Waals surface area (Å²) in [5.41, 5.74) is 0.117. The zero-order chi connectivity index (χ0) is 10.7. The fraction of sp³-hybridized carbons (Fsp3) is 0.111. The minimum Gasteiger partial charge on any atom is -0.426 e. The minimum absolute atomic E-state index is 0.0741. The summed E-state index contributed by atoms with van der Waals surface area (Å²) in [6, 6.07) is 4.25. The largest absolute Gasteiger partial charge is 0.426 e. The molecular weight excluding hydrogens is 227 g/mol. The third kappa shape index (κ3) is 2.72. The topological polar surface area (TPSA) is 43.4 Å². The summed E-state index contributed by atoms with van der Waals surface area (Å²) >= 11 is 10.9. The highest BCUT2D eigenvalue weighted by atomic mass is 35.5. The first kappa shape index (κ1) is 11.0. The molecule has 0 radical (unpaired) electrons. The molecule has 0 aliphatic rings. The van der Waals surface area contributed by atoms with Gasteiger partial charge in [0.05, 0.1) is 5.56 Å². The van der Waals surface area contributed by atoms with Crippen molar-refractivity contribution in [2.45, 2.75) is 6.92 Å². The Hall–Kier alpha value is -1.06. The van der Waals surface area contributed by atoms with Crippen LogP contribution in [0.2, 0.25) is 5.02 Å². The summed E-state index contributed by atoms with van der Waals surface area (Å²) in [6.45, 7) is 1.23. The summed E-state index contributed by atoms with van der Waals surface area (Å²) in [6.07, 6.45) is 0. The Morgan fingerprint density at radius 1 is 1.36 bits per heavy atom. The van der Waals surface area contributed by atoms with E-state index in [9.17, 15) is 9.59 Å². The van der Waals surface area contributed by atoms with Crippen LogP contribution in [0.5, 0.6) is 5.75 Å². The molecule has 0 amide bonds. The standard InChI is InChI=1S/C9H6Cl2O3/c1-5(12)14-8-4-6(10)2-3-7(8)9(11)13/h2-4H,1H3. The van der Waals surface area contributed by atoms with Crippen molar-refractivity contribution in [3.05, 3.63) is 28.8 Å². The Morgan fingerprint density at radius 3 is 2.50 bits per heavy atom. The Balaban J connectivity index is 3.15. The molecule has 0 bridgehead atoms. The number of rotatable bonds is 2.